The molecule has 0 saturated carbocycles. The quantitative estimate of drug-likeness (QED) is 0.210. The van der Waals surface area contributed by atoms with Gasteiger partial charge in [0, 0.05) is 6.08 Å². The predicted octanol–water partition coefficient (Wildman–Crippen LogP) is 4.60. The Labute approximate surface area is 153 Å². The maximum absolute atomic E-state index is 12.5. The third kappa shape index (κ3) is 9.57. The van der Waals surface area contributed by atoms with Gasteiger partial charge in [-0.25, -0.2) is 4.79 Å². The number of allylic oxidation sites excluding steroid dienone is 1. The van der Waals surface area contributed by atoms with Crippen molar-refractivity contribution in [2.24, 2.45) is 0 Å². The van der Waals surface area contributed by atoms with Crippen molar-refractivity contribution in [3.63, 3.8) is 0 Å². The lowest BCUT2D eigenvalue weighted by atomic mass is 10.3. The Morgan fingerprint density at radius 3 is 1.76 bits per heavy atom. The maximum Gasteiger partial charge on any atom is 0.451 e. The van der Waals surface area contributed by atoms with Crippen molar-refractivity contribution in [2.75, 3.05) is 26.4 Å². The molecule has 0 radical (unpaired) electrons. The summed E-state index contributed by atoms with van der Waals surface area (Å²) in [5.41, 5.74) is -0.536. The van der Waals surface area contributed by atoms with E-state index in [1.807, 2.05) is 27.7 Å². The standard InChI is InChI=1S/C18H34O6P/c1-6-11-21-17(25(20)16(19)10-5)15-18(22-12-7-2,23-13-8-3)24-14-9-4/h10,17H,5-9,11-15H2,1-4H3/q+1. The van der Waals surface area contributed by atoms with E-state index in [2.05, 4.69) is 6.58 Å². The lowest BCUT2D eigenvalue weighted by Gasteiger charge is -2.33. The van der Waals surface area contributed by atoms with Crippen LogP contribution in [0.4, 0.5) is 0 Å². The number of carbonyl (C=O) groups is 1. The molecule has 0 aromatic heterocycles. The van der Waals surface area contributed by atoms with Crippen LogP contribution in [-0.4, -0.2) is 43.8 Å². The van der Waals surface area contributed by atoms with E-state index in [0.717, 1.165) is 31.8 Å². The van der Waals surface area contributed by atoms with E-state index >= 15 is 0 Å². The van der Waals surface area contributed by atoms with Crippen molar-refractivity contribution < 1.29 is 28.3 Å². The molecule has 0 aliphatic carbocycles. The maximum atomic E-state index is 12.5. The zero-order valence-electron chi connectivity index (χ0n) is 16.1. The van der Waals surface area contributed by atoms with Gasteiger partial charge in [0.05, 0.1) is 26.4 Å². The van der Waals surface area contributed by atoms with E-state index in [9.17, 15) is 9.36 Å². The smallest absolute Gasteiger partial charge is 0.334 e. The van der Waals surface area contributed by atoms with Crippen LogP contribution in [0.5, 0.6) is 0 Å². The summed E-state index contributed by atoms with van der Waals surface area (Å²) in [4.78, 5) is 11.8. The third-order valence-corrected chi connectivity index (χ3v) is 4.64. The summed E-state index contributed by atoms with van der Waals surface area (Å²) in [6, 6.07) is 0. The van der Waals surface area contributed by atoms with Gasteiger partial charge in [0.2, 0.25) is 0 Å². The highest BCUT2D eigenvalue weighted by molar-refractivity contribution is 7.64. The van der Waals surface area contributed by atoms with Crippen LogP contribution in [-0.2, 0) is 28.3 Å². The first-order valence-electron chi connectivity index (χ1n) is 9.16. The van der Waals surface area contributed by atoms with Gasteiger partial charge in [-0.3, -0.25) is 0 Å². The van der Waals surface area contributed by atoms with Crippen molar-refractivity contribution in [1.29, 1.82) is 0 Å². The summed E-state index contributed by atoms with van der Waals surface area (Å²) in [6.45, 7) is 13.0. The molecule has 0 fully saturated rings. The van der Waals surface area contributed by atoms with Gasteiger partial charge in [0.25, 0.3) is 11.8 Å². The molecule has 0 spiro atoms. The zero-order valence-corrected chi connectivity index (χ0v) is 17.0. The molecule has 0 rings (SSSR count). The summed E-state index contributed by atoms with van der Waals surface area (Å²) < 4.78 is 35.8. The fourth-order valence-corrected chi connectivity index (χ4v) is 3.08. The van der Waals surface area contributed by atoms with E-state index in [-0.39, 0.29) is 6.42 Å². The van der Waals surface area contributed by atoms with Crippen LogP contribution < -0.4 is 0 Å². The van der Waals surface area contributed by atoms with Crippen molar-refractivity contribution in [3.8, 4) is 0 Å². The Morgan fingerprint density at radius 2 is 1.40 bits per heavy atom. The Morgan fingerprint density at radius 1 is 0.960 bits per heavy atom. The topological polar surface area (TPSA) is 71.1 Å². The minimum Gasteiger partial charge on any atom is -0.334 e. The Hall–Kier alpha value is -0.650. The van der Waals surface area contributed by atoms with Gasteiger partial charge in [0.1, 0.15) is 6.42 Å². The highest BCUT2D eigenvalue weighted by Gasteiger charge is 2.47. The van der Waals surface area contributed by atoms with Crippen molar-refractivity contribution in [3.05, 3.63) is 12.7 Å². The van der Waals surface area contributed by atoms with Crippen molar-refractivity contribution >= 4 is 13.3 Å². The summed E-state index contributed by atoms with van der Waals surface area (Å²) in [5.74, 6) is -2.20. The molecular formula is C18H34O6P+. The van der Waals surface area contributed by atoms with E-state index < -0.39 is 25.1 Å². The SMILES string of the molecule is C=CC(=O)[P+](=O)C(CC(OCCC)(OCCC)OCCC)OCCC. The summed E-state index contributed by atoms with van der Waals surface area (Å²) in [5, 5.41) is 0. The van der Waals surface area contributed by atoms with Gasteiger partial charge >= 0.3 is 13.3 Å². The Bertz CT molecular complexity index is 377. The normalized spacial score (nSPS) is 13.5. The monoisotopic (exact) mass is 377 g/mol. The second kappa shape index (κ2) is 14.5. The summed E-state index contributed by atoms with van der Waals surface area (Å²) >= 11 is 0. The van der Waals surface area contributed by atoms with Gasteiger partial charge in [-0.05, 0) is 25.7 Å². The van der Waals surface area contributed by atoms with Gasteiger partial charge in [-0.1, -0.05) is 38.8 Å². The molecular weight excluding hydrogens is 343 g/mol. The first-order valence-corrected chi connectivity index (χ1v) is 10.5. The fraction of sp³-hybridized carbons (Fsp3) is 0.833. The van der Waals surface area contributed by atoms with Crippen LogP contribution >= 0.6 is 7.80 Å². The number of carbonyl (C=O) groups excluding carboxylic acids is 1. The van der Waals surface area contributed by atoms with Crippen LogP contribution in [0.1, 0.15) is 59.8 Å². The average molecular weight is 377 g/mol. The summed E-state index contributed by atoms with van der Waals surface area (Å²) in [6.07, 6.45) is 4.23. The van der Waals surface area contributed by atoms with Crippen LogP contribution in [0.3, 0.4) is 0 Å². The molecule has 0 aliphatic heterocycles. The highest BCUT2D eigenvalue weighted by atomic mass is 31.1. The molecule has 25 heavy (non-hydrogen) atoms. The fourth-order valence-electron chi connectivity index (χ4n) is 1.98. The molecule has 0 N–H and O–H groups in total. The number of hydrogen-bond donors (Lipinski definition) is 0. The molecule has 2 unspecified atom stereocenters. The van der Waals surface area contributed by atoms with Crippen LogP contribution in [0.15, 0.2) is 12.7 Å². The van der Waals surface area contributed by atoms with Gasteiger partial charge in [-0.15, -0.1) is 0 Å². The first-order chi connectivity index (χ1) is 12.0. The van der Waals surface area contributed by atoms with E-state index in [1.165, 1.54) is 0 Å². The number of hydrogen-bond acceptors (Lipinski definition) is 6. The molecule has 0 aromatic carbocycles. The van der Waals surface area contributed by atoms with Crippen molar-refractivity contribution in [2.45, 2.75) is 71.6 Å². The van der Waals surface area contributed by atoms with Crippen LogP contribution in [0.2, 0.25) is 0 Å². The molecule has 0 aromatic rings. The molecule has 7 heteroatoms. The highest BCUT2D eigenvalue weighted by Crippen LogP contribution is 2.38. The van der Waals surface area contributed by atoms with Crippen molar-refractivity contribution in [1.82, 2.24) is 0 Å². The largest absolute Gasteiger partial charge is 0.451 e. The third-order valence-electron chi connectivity index (χ3n) is 3.17. The molecule has 2 atom stereocenters. The lowest BCUT2D eigenvalue weighted by Crippen LogP contribution is -2.43. The molecule has 0 aliphatic rings. The molecule has 6 nitrogen and oxygen atoms in total. The van der Waals surface area contributed by atoms with E-state index in [4.69, 9.17) is 18.9 Å². The van der Waals surface area contributed by atoms with Gasteiger partial charge in [0.15, 0.2) is 0 Å². The number of rotatable bonds is 17. The van der Waals surface area contributed by atoms with Gasteiger partial charge < -0.3 is 18.9 Å². The van der Waals surface area contributed by atoms with Crippen LogP contribution in [0, 0.1) is 0 Å². The lowest BCUT2D eigenvalue weighted by molar-refractivity contribution is -0.387. The predicted molar refractivity (Wildman–Crippen MR) is 98.9 cm³/mol. The van der Waals surface area contributed by atoms with Gasteiger partial charge in [-0.2, -0.15) is 0 Å². The number of ether oxygens (including phenoxy) is 4. The minimum absolute atomic E-state index is 0.0712. The minimum atomic E-state index is -2.30. The average Bonchev–Trinajstić information content (AvgIpc) is 2.64. The first kappa shape index (κ1) is 24.4. The van der Waals surface area contributed by atoms with E-state index in [0.29, 0.717) is 26.4 Å². The second-order valence-electron chi connectivity index (χ2n) is 5.63. The summed E-state index contributed by atoms with van der Waals surface area (Å²) in [7, 11) is -2.30. The zero-order chi connectivity index (χ0) is 19.1. The Balaban J connectivity index is 5.44. The molecule has 0 amide bonds. The Kier molecular flexibility index (Phi) is 14.1. The molecule has 0 bridgehead atoms. The molecule has 0 saturated heterocycles. The second-order valence-corrected chi connectivity index (χ2v) is 7.29. The molecule has 0 heterocycles. The van der Waals surface area contributed by atoms with E-state index in [1.54, 1.807) is 0 Å². The van der Waals surface area contributed by atoms with Crippen LogP contribution in [0.25, 0.3) is 0 Å². The molecule has 146 valence electrons.